The third-order valence-electron chi connectivity index (χ3n) is 4.27. The number of hydrogen-bond acceptors (Lipinski definition) is 2. The molecular weight excluding hydrogens is 283 g/mol. The fraction of sp³-hybridized carbons (Fsp3) is 0.529. The molecule has 0 saturated heterocycles. The monoisotopic (exact) mass is 306 g/mol. The van der Waals surface area contributed by atoms with E-state index < -0.39 is 0 Å². The molecule has 0 heterocycles. The van der Waals surface area contributed by atoms with Gasteiger partial charge < -0.3 is 9.80 Å². The SMILES string of the molecule is CCN(CC)C(=O)CN(C)C(=O)C1CC1c1ccc(F)cc1. The van der Waals surface area contributed by atoms with Crippen molar-refractivity contribution in [3.05, 3.63) is 35.6 Å². The molecule has 2 atom stereocenters. The Morgan fingerprint density at radius 2 is 1.77 bits per heavy atom. The lowest BCUT2D eigenvalue weighted by atomic mass is 10.1. The summed E-state index contributed by atoms with van der Waals surface area (Å²) in [5.41, 5.74) is 0.989. The van der Waals surface area contributed by atoms with E-state index in [1.165, 1.54) is 17.0 Å². The van der Waals surface area contributed by atoms with Crippen LogP contribution in [0.15, 0.2) is 24.3 Å². The molecule has 0 aromatic heterocycles. The van der Waals surface area contributed by atoms with Crippen LogP contribution in [0.3, 0.4) is 0 Å². The molecule has 0 spiro atoms. The molecule has 1 fully saturated rings. The Morgan fingerprint density at radius 1 is 1.18 bits per heavy atom. The highest BCUT2D eigenvalue weighted by molar-refractivity contribution is 5.87. The highest BCUT2D eigenvalue weighted by Gasteiger charge is 2.45. The first-order valence-corrected chi connectivity index (χ1v) is 7.76. The Kier molecular flexibility index (Phi) is 5.16. The van der Waals surface area contributed by atoms with Gasteiger partial charge in [0.05, 0.1) is 6.54 Å². The molecule has 0 aliphatic heterocycles. The molecule has 22 heavy (non-hydrogen) atoms. The number of hydrogen-bond donors (Lipinski definition) is 0. The average Bonchev–Trinajstić information content (AvgIpc) is 3.28. The van der Waals surface area contributed by atoms with Gasteiger partial charge in [-0.3, -0.25) is 9.59 Å². The van der Waals surface area contributed by atoms with E-state index in [0.717, 1.165) is 12.0 Å². The van der Waals surface area contributed by atoms with E-state index in [1.54, 1.807) is 24.1 Å². The highest BCUT2D eigenvalue weighted by atomic mass is 19.1. The van der Waals surface area contributed by atoms with Crippen molar-refractivity contribution in [1.29, 1.82) is 0 Å². The van der Waals surface area contributed by atoms with Gasteiger partial charge in [0, 0.05) is 26.1 Å². The summed E-state index contributed by atoms with van der Waals surface area (Å²) in [4.78, 5) is 27.6. The van der Waals surface area contributed by atoms with Gasteiger partial charge in [-0.2, -0.15) is 0 Å². The van der Waals surface area contributed by atoms with Crippen LogP contribution in [0.4, 0.5) is 4.39 Å². The molecule has 120 valence electrons. The lowest BCUT2D eigenvalue weighted by Gasteiger charge is -2.23. The van der Waals surface area contributed by atoms with Crippen LogP contribution in [0.1, 0.15) is 31.7 Å². The molecule has 0 bridgehead atoms. The second-order valence-electron chi connectivity index (χ2n) is 5.76. The van der Waals surface area contributed by atoms with Gasteiger partial charge in [0.25, 0.3) is 0 Å². The van der Waals surface area contributed by atoms with Gasteiger partial charge in [-0.05, 0) is 43.9 Å². The van der Waals surface area contributed by atoms with Crippen molar-refractivity contribution < 1.29 is 14.0 Å². The number of amides is 2. The zero-order valence-electron chi connectivity index (χ0n) is 13.4. The van der Waals surface area contributed by atoms with Crippen LogP contribution >= 0.6 is 0 Å². The van der Waals surface area contributed by atoms with E-state index in [9.17, 15) is 14.0 Å². The van der Waals surface area contributed by atoms with Gasteiger partial charge in [0.2, 0.25) is 11.8 Å². The Bertz CT molecular complexity index is 540. The van der Waals surface area contributed by atoms with Crippen molar-refractivity contribution in [3.8, 4) is 0 Å². The first-order valence-electron chi connectivity index (χ1n) is 7.76. The van der Waals surface area contributed by atoms with E-state index in [2.05, 4.69) is 0 Å². The number of nitrogens with zero attached hydrogens (tertiary/aromatic N) is 2. The van der Waals surface area contributed by atoms with Crippen molar-refractivity contribution in [3.63, 3.8) is 0 Å². The van der Waals surface area contributed by atoms with E-state index in [1.807, 2.05) is 13.8 Å². The molecule has 0 N–H and O–H groups in total. The number of likely N-dealkylation sites (N-methyl/N-ethyl adjacent to an activating group) is 2. The lowest BCUT2D eigenvalue weighted by molar-refractivity contribution is -0.139. The maximum Gasteiger partial charge on any atom is 0.242 e. The normalized spacial score (nSPS) is 19.6. The van der Waals surface area contributed by atoms with Gasteiger partial charge in [-0.15, -0.1) is 0 Å². The largest absolute Gasteiger partial charge is 0.342 e. The molecule has 1 aliphatic carbocycles. The van der Waals surface area contributed by atoms with Crippen molar-refractivity contribution in [1.82, 2.24) is 9.80 Å². The number of carbonyl (C=O) groups excluding carboxylic acids is 2. The van der Waals surface area contributed by atoms with Gasteiger partial charge in [-0.1, -0.05) is 12.1 Å². The van der Waals surface area contributed by atoms with Crippen LogP contribution in [-0.4, -0.2) is 48.3 Å². The van der Waals surface area contributed by atoms with Crippen LogP contribution < -0.4 is 0 Å². The van der Waals surface area contributed by atoms with Crippen LogP contribution in [0.25, 0.3) is 0 Å². The second-order valence-corrected chi connectivity index (χ2v) is 5.76. The van der Waals surface area contributed by atoms with Crippen LogP contribution in [0, 0.1) is 11.7 Å². The average molecular weight is 306 g/mol. The van der Waals surface area contributed by atoms with Crippen LogP contribution in [0.2, 0.25) is 0 Å². The Balaban J connectivity index is 1.90. The minimum absolute atomic E-state index is 0.00479. The summed E-state index contributed by atoms with van der Waals surface area (Å²) in [5, 5.41) is 0. The third kappa shape index (κ3) is 3.64. The van der Waals surface area contributed by atoms with E-state index >= 15 is 0 Å². The molecule has 1 saturated carbocycles. The summed E-state index contributed by atoms with van der Waals surface area (Å²) in [5.74, 6) is -0.233. The fourth-order valence-corrected chi connectivity index (χ4v) is 2.79. The van der Waals surface area contributed by atoms with Gasteiger partial charge in [-0.25, -0.2) is 4.39 Å². The maximum absolute atomic E-state index is 12.9. The molecule has 2 unspecified atom stereocenters. The Hall–Kier alpha value is -1.91. The van der Waals surface area contributed by atoms with Crippen molar-refractivity contribution in [2.24, 2.45) is 5.92 Å². The predicted molar refractivity (Wildman–Crippen MR) is 82.8 cm³/mol. The quantitative estimate of drug-likeness (QED) is 0.809. The summed E-state index contributed by atoms with van der Waals surface area (Å²) in [6, 6.07) is 6.30. The first-order chi connectivity index (χ1) is 10.5. The van der Waals surface area contributed by atoms with Crippen molar-refractivity contribution >= 4 is 11.8 Å². The lowest BCUT2D eigenvalue weighted by Crippen LogP contribution is -2.41. The molecule has 1 aromatic carbocycles. The number of benzene rings is 1. The third-order valence-corrected chi connectivity index (χ3v) is 4.27. The maximum atomic E-state index is 12.9. The zero-order chi connectivity index (χ0) is 16.3. The molecule has 5 heteroatoms. The summed E-state index contributed by atoms with van der Waals surface area (Å²) in [7, 11) is 1.67. The highest BCUT2D eigenvalue weighted by Crippen LogP contribution is 2.48. The standard InChI is InChI=1S/C17H23FN2O2/c1-4-20(5-2)16(21)11-19(3)17(22)15-10-14(15)12-6-8-13(18)9-7-12/h6-9,14-15H,4-5,10-11H2,1-3H3. The number of halogens is 1. The van der Waals surface area contributed by atoms with E-state index in [0.29, 0.717) is 13.1 Å². The van der Waals surface area contributed by atoms with Gasteiger partial charge in [0.15, 0.2) is 0 Å². The number of rotatable bonds is 6. The van der Waals surface area contributed by atoms with E-state index in [-0.39, 0.29) is 36.0 Å². The second kappa shape index (κ2) is 6.90. The molecule has 2 amide bonds. The Morgan fingerprint density at radius 3 is 2.32 bits per heavy atom. The van der Waals surface area contributed by atoms with Crippen molar-refractivity contribution in [2.75, 3.05) is 26.7 Å². The zero-order valence-corrected chi connectivity index (χ0v) is 13.4. The summed E-state index contributed by atoms with van der Waals surface area (Å²) in [6.45, 7) is 5.27. The topological polar surface area (TPSA) is 40.6 Å². The Labute approximate surface area is 130 Å². The number of carbonyl (C=O) groups is 2. The van der Waals surface area contributed by atoms with Gasteiger partial charge >= 0.3 is 0 Å². The van der Waals surface area contributed by atoms with Crippen LogP contribution in [0.5, 0.6) is 0 Å². The minimum Gasteiger partial charge on any atom is -0.342 e. The molecular formula is C17H23FN2O2. The smallest absolute Gasteiger partial charge is 0.242 e. The molecule has 0 radical (unpaired) electrons. The van der Waals surface area contributed by atoms with Crippen molar-refractivity contribution in [2.45, 2.75) is 26.2 Å². The first kappa shape index (κ1) is 16.5. The van der Waals surface area contributed by atoms with Crippen LogP contribution in [-0.2, 0) is 9.59 Å². The predicted octanol–water partition coefficient (Wildman–Crippen LogP) is 2.26. The molecule has 1 aromatic rings. The fourth-order valence-electron chi connectivity index (χ4n) is 2.79. The summed E-state index contributed by atoms with van der Waals surface area (Å²) in [6.07, 6.45) is 0.772. The summed E-state index contributed by atoms with van der Waals surface area (Å²) < 4.78 is 12.9. The summed E-state index contributed by atoms with van der Waals surface area (Å²) >= 11 is 0. The molecule has 2 rings (SSSR count). The molecule has 4 nitrogen and oxygen atoms in total. The minimum atomic E-state index is -0.269. The van der Waals surface area contributed by atoms with Gasteiger partial charge in [0.1, 0.15) is 5.82 Å². The van der Waals surface area contributed by atoms with E-state index in [4.69, 9.17) is 0 Å². The molecule has 1 aliphatic rings.